The summed E-state index contributed by atoms with van der Waals surface area (Å²) in [6.45, 7) is 5.93. The van der Waals surface area contributed by atoms with Gasteiger partial charge in [0.15, 0.2) is 0 Å². The van der Waals surface area contributed by atoms with Gasteiger partial charge in [-0.15, -0.1) is 0 Å². The molecule has 0 unspecified atom stereocenters. The van der Waals surface area contributed by atoms with Crippen molar-refractivity contribution in [3.8, 4) is 5.75 Å². The minimum absolute atomic E-state index is 0.452. The lowest BCUT2D eigenvalue weighted by atomic mass is 9.70. The lowest BCUT2D eigenvalue weighted by Crippen LogP contribution is -2.33. The molecule has 0 radical (unpaired) electrons. The van der Waals surface area contributed by atoms with Gasteiger partial charge >= 0.3 is 0 Å². The van der Waals surface area contributed by atoms with Crippen molar-refractivity contribution in [3.05, 3.63) is 18.2 Å². The van der Waals surface area contributed by atoms with E-state index in [0.29, 0.717) is 12.0 Å². The minimum atomic E-state index is 0.452. The maximum absolute atomic E-state index is 6.07. The molecule has 1 fully saturated rings. The van der Waals surface area contributed by atoms with Crippen molar-refractivity contribution in [2.75, 3.05) is 24.2 Å². The van der Waals surface area contributed by atoms with Crippen molar-refractivity contribution in [2.45, 2.75) is 33.1 Å². The molecule has 3 nitrogen and oxygen atoms in total. The van der Waals surface area contributed by atoms with Gasteiger partial charge in [0.25, 0.3) is 0 Å². The molecular formula is C14H22N2O. The summed E-state index contributed by atoms with van der Waals surface area (Å²) in [5, 5.41) is 3.45. The number of nitrogens with one attached hydrogen (secondary N) is 1. The first kappa shape index (κ1) is 12.1. The predicted octanol–water partition coefficient (Wildman–Crippen LogP) is 3.27. The third-order valence-corrected chi connectivity index (χ3v) is 3.63. The van der Waals surface area contributed by atoms with Gasteiger partial charge in [0.05, 0.1) is 18.0 Å². The molecule has 1 aliphatic rings. The fourth-order valence-corrected chi connectivity index (χ4v) is 2.25. The molecule has 0 bridgehead atoms. The van der Waals surface area contributed by atoms with E-state index in [4.69, 9.17) is 10.5 Å². The van der Waals surface area contributed by atoms with Crippen LogP contribution in [0.4, 0.5) is 11.4 Å². The summed E-state index contributed by atoms with van der Waals surface area (Å²) in [6, 6.07) is 5.90. The highest BCUT2D eigenvalue weighted by atomic mass is 16.5. The molecule has 17 heavy (non-hydrogen) atoms. The van der Waals surface area contributed by atoms with E-state index in [1.165, 1.54) is 19.3 Å². The summed E-state index contributed by atoms with van der Waals surface area (Å²) in [5.41, 5.74) is 8.23. The molecule has 3 heteroatoms. The third-order valence-electron chi connectivity index (χ3n) is 3.63. The smallest absolute Gasteiger partial charge is 0.144 e. The van der Waals surface area contributed by atoms with E-state index < -0.39 is 0 Å². The molecular weight excluding hydrogens is 212 g/mol. The second-order valence-corrected chi connectivity index (χ2v) is 5.17. The first-order valence-corrected chi connectivity index (χ1v) is 6.40. The molecule has 0 atom stereocenters. The Labute approximate surface area is 103 Å². The highest BCUT2D eigenvalue weighted by Gasteiger charge is 2.31. The number of nitrogens with two attached hydrogens (primary N) is 1. The number of hydrogen-bond donors (Lipinski definition) is 2. The van der Waals surface area contributed by atoms with Crippen LogP contribution >= 0.6 is 0 Å². The molecule has 1 aromatic rings. The summed E-state index contributed by atoms with van der Waals surface area (Å²) in [4.78, 5) is 0. The summed E-state index contributed by atoms with van der Waals surface area (Å²) < 4.78 is 5.48. The van der Waals surface area contributed by atoms with E-state index in [1.54, 1.807) is 0 Å². The maximum atomic E-state index is 6.07. The van der Waals surface area contributed by atoms with E-state index in [1.807, 2.05) is 25.1 Å². The minimum Gasteiger partial charge on any atom is -0.492 e. The molecule has 0 saturated heterocycles. The standard InChI is InChI=1S/C14H22N2O/c1-3-17-12-7-4-6-11(13(12)15)16-10-14(2)8-5-9-14/h4,6-7,16H,3,5,8-10,15H2,1-2H3. The Kier molecular flexibility index (Phi) is 3.46. The second kappa shape index (κ2) is 4.86. The number of rotatable bonds is 5. The fraction of sp³-hybridized carbons (Fsp3) is 0.571. The molecule has 3 N–H and O–H groups in total. The van der Waals surface area contributed by atoms with Gasteiger partial charge in [-0.25, -0.2) is 0 Å². The van der Waals surface area contributed by atoms with Gasteiger partial charge < -0.3 is 15.8 Å². The molecule has 1 saturated carbocycles. The quantitative estimate of drug-likeness (QED) is 0.769. The van der Waals surface area contributed by atoms with Gasteiger partial charge in [-0.1, -0.05) is 19.4 Å². The molecule has 1 aromatic carbocycles. The number of ether oxygens (including phenoxy) is 1. The number of nitrogen functional groups attached to an aromatic ring is 1. The zero-order valence-corrected chi connectivity index (χ0v) is 10.8. The van der Waals surface area contributed by atoms with Gasteiger partial charge in [0, 0.05) is 6.54 Å². The largest absolute Gasteiger partial charge is 0.492 e. The van der Waals surface area contributed by atoms with Crippen molar-refractivity contribution in [2.24, 2.45) is 5.41 Å². The Morgan fingerprint density at radius 2 is 2.18 bits per heavy atom. The molecule has 0 spiro atoms. The van der Waals surface area contributed by atoms with Gasteiger partial charge in [-0.3, -0.25) is 0 Å². The van der Waals surface area contributed by atoms with Gasteiger partial charge in [-0.05, 0) is 37.3 Å². The molecule has 0 heterocycles. The average Bonchev–Trinajstić information content (AvgIpc) is 2.28. The van der Waals surface area contributed by atoms with Crippen molar-refractivity contribution < 1.29 is 4.74 Å². The van der Waals surface area contributed by atoms with Crippen LogP contribution in [-0.4, -0.2) is 13.2 Å². The first-order chi connectivity index (χ1) is 8.14. The Hall–Kier alpha value is -1.38. The Bertz CT molecular complexity index is 386. The van der Waals surface area contributed by atoms with Crippen LogP contribution in [-0.2, 0) is 0 Å². The topological polar surface area (TPSA) is 47.3 Å². The Morgan fingerprint density at radius 1 is 1.41 bits per heavy atom. The van der Waals surface area contributed by atoms with Crippen molar-refractivity contribution in [1.82, 2.24) is 0 Å². The van der Waals surface area contributed by atoms with Gasteiger partial charge in [0.1, 0.15) is 5.75 Å². The van der Waals surface area contributed by atoms with Crippen LogP contribution in [0.5, 0.6) is 5.75 Å². The molecule has 0 amide bonds. The van der Waals surface area contributed by atoms with E-state index >= 15 is 0 Å². The molecule has 2 rings (SSSR count). The number of para-hydroxylation sites is 1. The number of anilines is 2. The average molecular weight is 234 g/mol. The molecule has 0 aromatic heterocycles. The van der Waals surface area contributed by atoms with Crippen LogP contribution in [0.15, 0.2) is 18.2 Å². The Morgan fingerprint density at radius 3 is 2.76 bits per heavy atom. The molecule has 0 aliphatic heterocycles. The normalized spacial score (nSPS) is 17.3. The van der Waals surface area contributed by atoms with Gasteiger partial charge in [0.2, 0.25) is 0 Å². The highest BCUT2D eigenvalue weighted by Crippen LogP contribution is 2.41. The lowest BCUT2D eigenvalue weighted by Gasteiger charge is -2.38. The second-order valence-electron chi connectivity index (χ2n) is 5.17. The summed E-state index contributed by atoms with van der Waals surface area (Å²) in [5.74, 6) is 0.774. The SMILES string of the molecule is CCOc1cccc(NCC2(C)CCC2)c1N. The highest BCUT2D eigenvalue weighted by molar-refractivity contribution is 5.72. The van der Waals surface area contributed by atoms with Crippen LogP contribution in [0.2, 0.25) is 0 Å². The maximum Gasteiger partial charge on any atom is 0.144 e. The van der Waals surface area contributed by atoms with Crippen LogP contribution in [0, 0.1) is 5.41 Å². The van der Waals surface area contributed by atoms with E-state index in [0.717, 1.165) is 23.7 Å². The van der Waals surface area contributed by atoms with Crippen LogP contribution in [0.25, 0.3) is 0 Å². The van der Waals surface area contributed by atoms with Crippen LogP contribution < -0.4 is 15.8 Å². The van der Waals surface area contributed by atoms with Crippen molar-refractivity contribution in [1.29, 1.82) is 0 Å². The molecule has 1 aliphatic carbocycles. The predicted molar refractivity (Wildman–Crippen MR) is 72.5 cm³/mol. The fourth-order valence-electron chi connectivity index (χ4n) is 2.25. The van der Waals surface area contributed by atoms with Gasteiger partial charge in [-0.2, -0.15) is 0 Å². The summed E-state index contributed by atoms with van der Waals surface area (Å²) in [7, 11) is 0. The Balaban J connectivity index is 2.02. The number of benzene rings is 1. The van der Waals surface area contributed by atoms with Crippen molar-refractivity contribution >= 4 is 11.4 Å². The molecule has 94 valence electrons. The van der Waals surface area contributed by atoms with Crippen LogP contribution in [0.3, 0.4) is 0 Å². The first-order valence-electron chi connectivity index (χ1n) is 6.40. The monoisotopic (exact) mass is 234 g/mol. The van der Waals surface area contributed by atoms with Crippen molar-refractivity contribution in [3.63, 3.8) is 0 Å². The zero-order valence-electron chi connectivity index (χ0n) is 10.8. The number of hydrogen-bond acceptors (Lipinski definition) is 3. The van der Waals surface area contributed by atoms with E-state index in [-0.39, 0.29) is 0 Å². The summed E-state index contributed by atoms with van der Waals surface area (Å²) in [6.07, 6.45) is 3.97. The third kappa shape index (κ3) is 2.65. The van der Waals surface area contributed by atoms with Crippen LogP contribution in [0.1, 0.15) is 33.1 Å². The van der Waals surface area contributed by atoms with E-state index in [2.05, 4.69) is 12.2 Å². The lowest BCUT2D eigenvalue weighted by molar-refractivity contribution is 0.180. The zero-order chi connectivity index (χ0) is 12.3. The summed E-state index contributed by atoms with van der Waals surface area (Å²) >= 11 is 0. The van der Waals surface area contributed by atoms with E-state index in [9.17, 15) is 0 Å².